The number of hydrogen-bond acceptors (Lipinski definition) is 4. The lowest BCUT2D eigenvalue weighted by atomic mass is 10.2. The average Bonchev–Trinajstić information content (AvgIpc) is 2.86. The summed E-state index contributed by atoms with van der Waals surface area (Å²) in [6.07, 6.45) is 0.119. The summed E-state index contributed by atoms with van der Waals surface area (Å²) in [5.41, 5.74) is 0.00654. The van der Waals surface area contributed by atoms with Crippen LogP contribution in [-0.2, 0) is 9.53 Å². The van der Waals surface area contributed by atoms with E-state index >= 15 is 0 Å². The van der Waals surface area contributed by atoms with Crippen molar-refractivity contribution < 1.29 is 19.1 Å². The van der Waals surface area contributed by atoms with Crippen molar-refractivity contribution in [1.29, 1.82) is 0 Å². The van der Waals surface area contributed by atoms with E-state index in [1.54, 1.807) is 54.8 Å². The van der Waals surface area contributed by atoms with E-state index in [0.29, 0.717) is 43.3 Å². The van der Waals surface area contributed by atoms with Gasteiger partial charge in [0.1, 0.15) is 12.1 Å². The predicted molar refractivity (Wildman–Crippen MR) is 112 cm³/mol. The molecule has 1 aliphatic rings. The monoisotopic (exact) mass is 424 g/mol. The molecule has 1 aliphatic heterocycles. The number of likely N-dealkylation sites (N-methyl/N-ethyl adjacent to an activating group) is 1. The first-order valence-corrected chi connectivity index (χ1v) is 9.96. The SMILES string of the molecule is CN(CC(=O)N1CCCN(C(=O)Nc2cccc(Cl)c2)CC1)C(=O)OC(C)(C)C. The summed E-state index contributed by atoms with van der Waals surface area (Å²) >= 11 is 5.95. The molecule has 2 rings (SSSR count). The lowest BCUT2D eigenvalue weighted by Crippen LogP contribution is -2.44. The van der Waals surface area contributed by atoms with E-state index in [2.05, 4.69) is 5.32 Å². The first-order valence-electron chi connectivity index (χ1n) is 9.58. The Morgan fingerprint density at radius 2 is 1.79 bits per heavy atom. The number of rotatable bonds is 3. The molecule has 1 heterocycles. The highest BCUT2D eigenvalue weighted by molar-refractivity contribution is 6.30. The van der Waals surface area contributed by atoms with Crippen LogP contribution in [0.3, 0.4) is 0 Å². The third kappa shape index (κ3) is 7.45. The smallest absolute Gasteiger partial charge is 0.410 e. The van der Waals surface area contributed by atoms with Gasteiger partial charge in [0.25, 0.3) is 0 Å². The van der Waals surface area contributed by atoms with Gasteiger partial charge in [-0.1, -0.05) is 17.7 Å². The average molecular weight is 425 g/mol. The molecule has 0 bridgehead atoms. The molecule has 1 aromatic rings. The maximum absolute atomic E-state index is 12.6. The molecule has 4 amide bonds. The Morgan fingerprint density at radius 1 is 1.14 bits per heavy atom. The van der Waals surface area contributed by atoms with Gasteiger partial charge in [0, 0.05) is 43.9 Å². The highest BCUT2D eigenvalue weighted by Gasteiger charge is 2.25. The summed E-state index contributed by atoms with van der Waals surface area (Å²) in [6.45, 7) is 7.15. The number of amides is 4. The highest BCUT2D eigenvalue weighted by Crippen LogP contribution is 2.16. The lowest BCUT2D eigenvalue weighted by molar-refractivity contribution is -0.132. The van der Waals surface area contributed by atoms with E-state index in [4.69, 9.17) is 16.3 Å². The van der Waals surface area contributed by atoms with Gasteiger partial charge in [-0.25, -0.2) is 9.59 Å². The molecule has 0 radical (unpaired) electrons. The second-order valence-electron chi connectivity index (χ2n) is 8.00. The quantitative estimate of drug-likeness (QED) is 0.807. The molecule has 29 heavy (non-hydrogen) atoms. The Kier molecular flexibility index (Phi) is 7.73. The summed E-state index contributed by atoms with van der Waals surface area (Å²) in [5.74, 6) is -0.171. The number of carbonyl (C=O) groups is 3. The predicted octanol–water partition coefficient (Wildman–Crippen LogP) is 3.27. The largest absolute Gasteiger partial charge is 0.444 e. The third-order valence-corrected chi connectivity index (χ3v) is 4.52. The number of nitrogens with zero attached hydrogens (tertiary/aromatic N) is 3. The van der Waals surface area contributed by atoms with Crippen LogP contribution in [0.2, 0.25) is 5.02 Å². The molecular weight excluding hydrogens is 396 g/mol. The second-order valence-corrected chi connectivity index (χ2v) is 8.43. The topological polar surface area (TPSA) is 82.2 Å². The van der Waals surface area contributed by atoms with Gasteiger partial charge in [-0.3, -0.25) is 4.79 Å². The maximum atomic E-state index is 12.6. The van der Waals surface area contributed by atoms with E-state index in [1.807, 2.05) is 0 Å². The minimum atomic E-state index is -0.617. The second kappa shape index (κ2) is 9.82. The van der Waals surface area contributed by atoms with Gasteiger partial charge >= 0.3 is 12.1 Å². The van der Waals surface area contributed by atoms with E-state index in [1.165, 1.54) is 11.9 Å². The van der Waals surface area contributed by atoms with Crippen molar-refractivity contribution in [1.82, 2.24) is 14.7 Å². The van der Waals surface area contributed by atoms with Crippen molar-refractivity contribution in [3.05, 3.63) is 29.3 Å². The molecule has 0 saturated carbocycles. The lowest BCUT2D eigenvalue weighted by Gasteiger charge is -2.27. The highest BCUT2D eigenvalue weighted by atomic mass is 35.5. The number of urea groups is 1. The first-order chi connectivity index (χ1) is 13.5. The van der Waals surface area contributed by atoms with Crippen molar-refractivity contribution in [3.8, 4) is 0 Å². The van der Waals surface area contributed by atoms with E-state index in [9.17, 15) is 14.4 Å². The fourth-order valence-electron chi connectivity index (χ4n) is 2.85. The van der Waals surface area contributed by atoms with Gasteiger partial charge in [-0.2, -0.15) is 0 Å². The summed E-state index contributed by atoms with van der Waals surface area (Å²) in [7, 11) is 1.54. The van der Waals surface area contributed by atoms with Crippen LogP contribution >= 0.6 is 11.6 Å². The molecule has 0 aromatic heterocycles. The van der Waals surface area contributed by atoms with Crippen LogP contribution in [0.25, 0.3) is 0 Å². The van der Waals surface area contributed by atoms with Crippen LogP contribution in [0.1, 0.15) is 27.2 Å². The Labute approximate surface area is 176 Å². The van der Waals surface area contributed by atoms with Crippen LogP contribution in [0.5, 0.6) is 0 Å². The van der Waals surface area contributed by atoms with Crippen molar-refractivity contribution in [2.75, 3.05) is 45.1 Å². The van der Waals surface area contributed by atoms with Crippen LogP contribution in [0.15, 0.2) is 24.3 Å². The molecule has 0 aliphatic carbocycles. The number of ether oxygens (including phenoxy) is 1. The molecule has 0 atom stereocenters. The molecule has 8 nitrogen and oxygen atoms in total. The Bertz CT molecular complexity index is 750. The van der Waals surface area contributed by atoms with E-state index in [-0.39, 0.29) is 18.5 Å². The normalized spacial score (nSPS) is 14.8. The van der Waals surface area contributed by atoms with Crippen molar-refractivity contribution in [2.45, 2.75) is 32.8 Å². The molecule has 1 saturated heterocycles. The molecule has 1 N–H and O–H groups in total. The number of hydrogen-bond donors (Lipinski definition) is 1. The zero-order valence-corrected chi connectivity index (χ0v) is 18.2. The Balaban J connectivity index is 1.86. The summed E-state index contributed by atoms with van der Waals surface area (Å²) in [5, 5.41) is 3.37. The van der Waals surface area contributed by atoms with Gasteiger partial charge in [0.05, 0.1) is 0 Å². The first kappa shape index (κ1) is 22.8. The number of anilines is 1. The van der Waals surface area contributed by atoms with Gasteiger partial charge < -0.3 is 24.8 Å². The zero-order valence-electron chi connectivity index (χ0n) is 17.4. The fourth-order valence-corrected chi connectivity index (χ4v) is 3.04. The molecular formula is C20H29ClN4O4. The van der Waals surface area contributed by atoms with Gasteiger partial charge in [0.15, 0.2) is 0 Å². The molecule has 0 unspecified atom stereocenters. The van der Waals surface area contributed by atoms with E-state index < -0.39 is 11.7 Å². The minimum Gasteiger partial charge on any atom is -0.444 e. The number of halogens is 1. The molecule has 9 heteroatoms. The molecule has 1 aromatic carbocycles. The van der Waals surface area contributed by atoms with Crippen LogP contribution < -0.4 is 5.32 Å². The summed E-state index contributed by atoms with van der Waals surface area (Å²) < 4.78 is 5.27. The third-order valence-electron chi connectivity index (χ3n) is 4.29. The van der Waals surface area contributed by atoms with Gasteiger partial charge in [-0.15, -0.1) is 0 Å². The zero-order chi connectivity index (χ0) is 21.6. The summed E-state index contributed by atoms with van der Waals surface area (Å²) in [4.78, 5) is 41.7. The minimum absolute atomic E-state index is 0.0658. The molecule has 160 valence electrons. The van der Waals surface area contributed by atoms with Crippen LogP contribution in [0.4, 0.5) is 15.3 Å². The number of nitrogens with one attached hydrogen (secondary N) is 1. The fraction of sp³-hybridized carbons (Fsp3) is 0.550. The van der Waals surface area contributed by atoms with Crippen molar-refractivity contribution in [2.24, 2.45) is 0 Å². The van der Waals surface area contributed by atoms with Crippen molar-refractivity contribution in [3.63, 3.8) is 0 Å². The summed E-state index contributed by atoms with van der Waals surface area (Å²) in [6, 6.07) is 6.72. The van der Waals surface area contributed by atoms with Crippen molar-refractivity contribution >= 4 is 35.3 Å². The van der Waals surface area contributed by atoms with Crippen LogP contribution in [-0.4, -0.2) is 78.1 Å². The number of benzene rings is 1. The van der Waals surface area contributed by atoms with E-state index in [0.717, 1.165) is 0 Å². The van der Waals surface area contributed by atoms with Crippen LogP contribution in [0, 0.1) is 0 Å². The number of carbonyl (C=O) groups excluding carboxylic acids is 3. The molecule has 1 fully saturated rings. The van der Waals surface area contributed by atoms with Gasteiger partial charge in [-0.05, 0) is 45.4 Å². The Morgan fingerprint density at radius 3 is 2.45 bits per heavy atom. The van der Waals surface area contributed by atoms with Gasteiger partial charge in [0.2, 0.25) is 5.91 Å². The molecule has 0 spiro atoms. The Hall–Kier alpha value is -2.48. The standard InChI is InChI=1S/C20H29ClN4O4/c1-20(2,3)29-19(28)23(4)14-17(26)24-9-6-10-25(12-11-24)18(27)22-16-8-5-7-15(21)13-16/h5,7-8,13H,6,9-12,14H2,1-4H3,(H,22,27). The maximum Gasteiger partial charge on any atom is 0.410 e.